The van der Waals surface area contributed by atoms with Crippen molar-refractivity contribution in [1.29, 1.82) is 0 Å². The van der Waals surface area contributed by atoms with Crippen molar-refractivity contribution in [2.24, 2.45) is 11.7 Å². The Balaban J connectivity index is 0.000000196. The van der Waals surface area contributed by atoms with Gasteiger partial charge in [-0.05, 0) is 58.1 Å². The van der Waals surface area contributed by atoms with E-state index in [1.165, 1.54) is 6.07 Å². The van der Waals surface area contributed by atoms with Gasteiger partial charge in [0.15, 0.2) is 0 Å². The summed E-state index contributed by atoms with van der Waals surface area (Å²) in [6.45, 7) is 4.12. The maximum atomic E-state index is 11.9. The summed E-state index contributed by atoms with van der Waals surface area (Å²) in [4.78, 5) is 29.2. The number of carbonyl (C=O) groups excluding carboxylic acids is 1. The van der Waals surface area contributed by atoms with Gasteiger partial charge in [-0.2, -0.15) is 0 Å². The predicted molar refractivity (Wildman–Crippen MR) is 137 cm³/mol. The summed E-state index contributed by atoms with van der Waals surface area (Å²) in [5, 5.41) is 7.02. The van der Waals surface area contributed by atoms with E-state index in [0.717, 1.165) is 27.2 Å². The largest absolute Gasteiger partial charge is 0.524 e. The molecule has 0 fully saturated rings. The lowest BCUT2D eigenvalue weighted by Gasteiger charge is -2.14. The number of hydrogen-bond donors (Lipinski definition) is 4. The summed E-state index contributed by atoms with van der Waals surface area (Å²) in [5.41, 5.74) is 6.66. The quantitative estimate of drug-likeness (QED) is 0.272. The van der Waals surface area contributed by atoms with Crippen molar-refractivity contribution in [3.05, 3.63) is 84.9 Å². The van der Waals surface area contributed by atoms with Gasteiger partial charge >= 0.3 is 7.82 Å². The number of benzene rings is 4. The predicted octanol–water partition coefficient (Wildman–Crippen LogP) is 5.46. The molecule has 8 heteroatoms. The summed E-state index contributed by atoms with van der Waals surface area (Å²) in [6, 6.07) is 25.9. The molecule has 5 N–H and O–H groups in total. The van der Waals surface area contributed by atoms with Gasteiger partial charge in [0.2, 0.25) is 5.91 Å². The molecular formula is C26H29N2O5P. The second-order valence-corrected chi connectivity index (χ2v) is 9.54. The van der Waals surface area contributed by atoms with Crippen molar-refractivity contribution in [3.63, 3.8) is 0 Å². The Labute approximate surface area is 198 Å². The van der Waals surface area contributed by atoms with E-state index in [2.05, 4.69) is 23.7 Å². The zero-order chi connectivity index (χ0) is 24.7. The molecule has 178 valence electrons. The third-order valence-corrected chi connectivity index (χ3v) is 5.47. The molecule has 0 heterocycles. The zero-order valence-corrected chi connectivity index (χ0v) is 20.0. The van der Waals surface area contributed by atoms with E-state index in [1.54, 1.807) is 12.1 Å². The molecule has 0 aromatic heterocycles. The van der Waals surface area contributed by atoms with Gasteiger partial charge < -0.3 is 15.6 Å². The molecule has 1 amide bonds. The van der Waals surface area contributed by atoms with Crippen molar-refractivity contribution in [3.8, 4) is 5.75 Å². The Kier molecular flexibility index (Phi) is 8.42. The molecule has 0 saturated carbocycles. The van der Waals surface area contributed by atoms with Gasteiger partial charge in [-0.3, -0.25) is 14.6 Å². The third kappa shape index (κ3) is 7.68. The van der Waals surface area contributed by atoms with Gasteiger partial charge in [0.05, 0.1) is 6.04 Å². The number of phosphoric ester groups is 1. The van der Waals surface area contributed by atoms with Gasteiger partial charge in [-0.15, -0.1) is 0 Å². The number of nitrogens with two attached hydrogens (primary N) is 1. The Hall–Kier alpha value is -3.22. The van der Waals surface area contributed by atoms with Gasteiger partial charge in [0, 0.05) is 5.69 Å². The van der Waals surface area contributed by atoms with E-state index in [-0.39, 0.29) is 11.7 Å². The summed E-state index contributed by atoms with van der Waals surface area (Å²) >= 11 is 0. The highest BCUT2D eigenvalue weighted by Crippen LogP contribution is 2.38. The molecule has 0 aliphatic rings. The van der Waals surface area contributed by atoms with Crippen molar-refractivity contribution in [2.75, 3.05) is 5.32 Å². The third-order valence-electron chi connectivity index (χ3n) is 5.02. The SMILES string of the molecule is CC(C)C[C@H](N)C(=O)Nc1ccc2ccccc2c1.O=P(O)(O)Oc1ccc2ccccc2c1. The molecule has 4 rings (SSSR count). The number of hydrogen-bond acceptors (Lipinski definition) is 4. The van der Waals surface area contributed by atoms with Gasteiger partial charge in [-0.25, -0.2) is 4.57 Å². The normalized spacial score (nSPS) is 12.2. The van der Waals surface area contributed by atoms with Crippen LogP contribution in [0.2, 0.25) is 0 Å². The number of phosphoric acid groups is 1. The van der Waals surface area contributed by atoms with Crippen molar-refractivity contribution < 1.29 is 23.7 Å². The van der Waals surface area contributed by atoms with E-state index in [4.69, 9.17) is 15.5 Å². The highest BCUT2D eigenvalue weighted by molar-refractivity contribution is 7.46. The molecule has 0 saturated heterocycles. The Bertz CT molecular complexity index is 1320. The van der Waals surface area contributed by atoms with Crippen molar-refractivity contribution >= 4 is 41.0 Å². The Morgan fingerprint density at radius 3 is 1.97 bits per heavy atom. The van der Waals surface area contributed by atoms with E-state index >= 15 is 0 Å². The van der Waals surface area contributed by atoms with Crippen LogP contribution in [-0.4, -0.2) is 21.7 Å². The molecule has 0 unspecified atom stereocenters. The molecule has 4 aromatic rings. The monoisotopic (exact) mass is 480 g/mol. The van der Waals surface area contributed by atoms with Gasteiger partial charge in [0.25, 0.3) is 0 Å². The maximum Gasteiger partial charge on any atom is 0.524 e. The van der Waals surface area contributed by atoms with Gasteiger partial charge in [-0.1, -0.05) is 74.5 Å². The smallest absolute Gasteiger partial charge is 0.404 e. The highest BCUT2D eigenvalue weighted by atomic mass is 31.2. The maximum absolute atomic E-state index is 11.9. The second-order valence-electron chi connectivity index (χ2n) is 8.38. The van der Waals surface area contributed by atoms with Crippen LogP contribution in [0.4, 0.5) is 5.69 Å². The molecule has 4 aromatic carbocycles. The lowest BCUT2D eigenvalue weighted by molar-refractivity contribution is -0.117. The summed E-state index contributed by atoms with van der Waals surface area (Å²) in [7, 11) is -4.47. The average molecular weight is 481 g/mol. The van der Waals surface area contributed by atoms with Crippen LogP contribution < -0.4 is 15.6 Å². The van der Waals surface area contributed by atoms with Crippen LogP contribution in [0.1, 0.15) is 20.3 Å². The van der Waals surface area contributed by atoms with Crippen LogP contribution in [0.15, 0.2) is 84.9 Å². The lowest BCUT2D eigenvalue weighted by Crippen LogP contribution is -2.36. The topological polar surface area (TPSA) is 122 Å². The fraction of sp³-hybridized carbons (Fsp3) is 0.192. The lowest BCUT2D eigenvalue weighted by atomic mass is 10.0. The summed E-state index contributed by atoms with van der Waals surface area (Å²) in [6.07, 6.45) is 0.694. The average Bonchev–Trinajstić information content (AvgIpc) is 2.78. The Morgan fingerprint density at radius 2 is 1.41 bits per heavy atom. The minimum absolute atomic E-state index is 0.121. The molecule has 7 nitrogen and oxygen atoms in total. The summed E-state index contributed by atoms with van der Waals surface area (Å²) < 4.78 is 15.1. The van der Waals surface area contributed by atoms with E-state index in [1.807, 2.05) is 66.7 Å². The first kappa shape index (κ1) is 25.4. The van der Waals surface area contributed by atoms with Crippen LogP contribution in [0.3, 0.4) is 0 Å². The number of nitrogens with one attached hydrogen (secondary N) is 1. The van der Waals surface area contributed by atoms with Crippen molar-refractivity contribution in [1.82, 2.24) is 0 Å². The number of rotatable bonds is 6. The Morgan fingerprint density at radius 1 is 0.882 bits per heavy atom. The van der Waals surface area contributed by atoms with Crippen molar-refractivity contribution in [2.45, 2.75) is 26.3 Å². The van der Waals surface area contributed by atoms with Crippen LogP contribution in [0.25, 0.3) is 21.5 Å². The standard InChI is InChI=1S/C16H20N2O.C10H9O4P/c1-11(2)9-15(17)16(19)18-14-8-7-12-5-3-4-6-13(12)10-14;11-15(12,13)14-10-6-5-8-3-1-2-4-9(8)7-10/h3-8,10-11,15H,9,17H2,1-2H3,(H,18,19);1-7H,(H2,11,12,13)/t15-;/m0./s1. The van der Waals surface area contributed by atoms with Crippen LogP contribution in [0, 0.1) is 5.92 Å². The van der Waals surface area contributed by atoms with E-state index in [0.29, 0.717) is 12.3 Å². The molecule has 0 radical (unpaired) electrons. The fourth-order valence-electron chi connectivity index (χ4n) is 3.48. The van der Waals surface area contributed by atoms with E-state index < -0.39 is 13.9 Å². The number of anilines is 1. The first-order valence-electron chi connectivity index (χ1n) is 10.9. The molecule has 0 spiro atoms. The first-order chi connectivity index (χ1) is 16.1. The number of carbonyl (C=O) groups is 1. The zero-order valence-electron chi connectivity index (χ0n) is 19.1. The van der Waals surface area contributed by atoms with Gasteiger partial charge in [0.1, 0.15) is 5.75 Å². The number of fused-ring (bicyclic) bond motifs is 2. The highest BCUT2D eigenvalue weighted by Gasteiger charge is 2.16. The second kappa shape index (κ2) is 11.3. The minimum atomic E-state index is -4.47. The van der Waals surface area contributed by atoms with E-state index in [9.17, 15) is 9.36 Å². The molecule has 1 atom stereocenters. The molecule has 0 aliphatic carbocycles. The minimum Gasteiger partial charge on any atom is -0.404 e. The van der Waals surface area contributed by atoms with Crippen LogP contribution in [-0.2, 0) is 9.36 Å². The molecule has 0 bridgehead atoms. The summed E-state index contributed by atoms with van der Waals surface area (Å²) in [5.74, 6) is 0.461. The number of amides is 1. The molecule has 34 heavy (non-hydrogen) atoms. The first-order valence-corrected chi connectivity index (χ1v) is 12.4. The molecule has 0 aliphatic heterocycles. The fourth-order valence-corrected chi connectivity index (χ4v) is 3.87. The molecular weight excluding hydrogens is 451 g/mol. The van der Waals surface area contributed by atoms with Crippen LogP contribution in [0.5, 0.6) is 5.75 Å². The van der Waals surface area contributed by atoms with Crippen LogP contribution >= 0.6 is 7.82 Å².